The first kappa shape index (κ1) is 19.2. The van der Waals surface area contributed by atoms with Crippen molar-refractivity contribution in [3.8, 4) is 11.3 Å². The van der Waals surface area contributed by atoms with Gasteiger partial charge in [-0.25, -0.2) is 4.98 Å². The maximum absolute atomic E-state index is 13.2. The maximum Gasteiger partial charge on any atom is 0.249 e. The van der Waals surface area contributed by atoms with E-state index >= 15 is 0 Å². The Morgan fingerprint density at radius 3 is 2.33 bits per heavy atom. The monoisotopic (exact) mass is 421 g/mol. The molecule has 2 fully saturated rings. The van der Waals surface area contributed by atoms with E-state index in [0.29, 0.717) is 11.6 Å². The summed E-state index contributed by atoms with van der Waals surface area (Å²) in [5.41, 5.74) is 1.75. The highest BCUT2D eigenvalue weighted by atomic mass is 32.1. The number of carbonyl (C=O) groups is 3. The first-order chi connectivity index (χ1) is 14.6. The molecule has 1 aromatic carbocycles. The number of allylic oxidation sites excluding steroid dienone is 2. The van der Waals surface area contributed by atoms with Crippen molar-refractivity contribution >= 4 is 34.2 Å². The lowest BCUT2D eigenvalue weighted by Gasteiger charge is -2.38. The average Bonchev–Trinajstić information content (AvgIpc) is 3.35. The Bertz CT molecular complexity index is 999. The van der Waals surface area contributed by atoms with E-state index in [1.54, 1.807) is 0 Å². The zero-order valence-electron chi connectivity index (χ0n) is 16.7. The van der Waals surface area contributed by atoms with E-state index in [1.165, 1.54) is 16.2 Å². The van der Waals surface area contributed by atoms with Crippen LogP contribution >= 0.6 is 11.3 Å². The van der Waals surface area contributed by atoms with Gasteiger partial charge in [-0.3, -0.25) is 19.3 Å². The van der Waals surface area contributed by atoms with E-state index in [1.807, 2.05) is 42.6 Å². The lowest BCUT2D eigenvalue weighted by Crippen LogP contribution is -2.47. The minimum absolute atomic E-state index is 0.120. The largest absolute Gasteiger partial charge is 0.300 e. The second-order valence-corrected chi connectivity index (χ2v) is 9.06. The van der Waals surface area contributed by atoms with Gasteiger partial charge in [0.05, 0.1) is 17.5 Å². The molecular weight excluding hydrogens is 398 g/mol. The topological polar surface area (TPSA) is 79.4 Å². The van der Waals surface area contributed by atoms with Crippen molar-refractivity contribution in [1.82, 2.24) is 9.88 Å². The van der Waals surface area contributed by atoms with Gasteiger partial charge in [0.2, 0.25) is 17.7 Å². The summed E-state index contributed by atoms with van der Waals surface area (Å²) in [6.07, 6.45) is 6.44. The summed E-state index contributed by atoms with van der Waals surface area (Å²) in [5.74, 6) is -1.08. The second kappa shape index (κ2) is 7.47. The fourth-order valence-electron chi connectivity index (χ4n) is 5.15. The van der Waals surface area contributed by atoms with E-state index in [2.05, 4.69) is 22.5 Å². The molecule has 1 saturated carbocycles. The number of fused-ring (bicyclic) bond motifs is 1. The molecule has 1 aromatic heterocycles. The van der Waals surface area contributed by atoms with E-state index < -0.39 is 6.04 Å². The van der Waals surface area contributed by atoms with Gasteiger partial charge in [-0.2, -0.15) is 0 Å². The number of nitrogens with zero attached hydrogens (tertiary/aromatic N) is 2. The summed E-state index contributed by atoms with van der Waals surface area (Å²) in [4.78, 5) is 45.1. The molecule has 0 spiro atoms. The van der Waals surface area contributed by atoms with Gasteiger partial charge in [-0.1, -0.05) is 49.4 Å². The van der Waals surface area contributed by atoms with Gasteiger partial charge < -0.3 is 5.32 Å². The van der Waals surface area contributed by atoms with Crippen LogP contribution in [0.3, 0.4) is 0 Å². The lowest BCUT2D eigenvalue weighted by molar-refractivity contribution is -0.146. The van der Waals surface area contributed by atoms with E-state index in [0.717, 1.165) is 24.1 Å². The molecule has 0 radical (unpaired) electrons. The van der Waals surface area contributed by atoms with Crippen molar-refractivity contribution in [1.29, 1.82) is 0 Å². The average molecular weight is 422 g/mol. The predicted octanol–water partition coefficient (Wildman–Crippen LogP) is 3.72. The molecule has 1 aliphatic heterocycles. The highest BCUT2D eigenvalue weighted by Crippen LogP contribution is 2.50. The molecule has 3 amide bonds. The van der Waals surface area contributed by atoms with Gasteiger partial charge >= 0.3 is 0 Å². The summed E-state index contributed by atoms with van der Waals surface area (Å²) in [6, 6.07) is 8.92. The number of anilines is 1. The van der Waals surface area contributed by atoms with Crippen LogP contribution in [0.25, 0.3) is 11.3 Å². The molecule has 7 heteroatoms. The fraction of sp³-hybridized carbons (Fsp3) is 0.391. The molecule has 5 unspecified atom stereocenters. The number of rotatable bonds is 5. The van der Waals surface area contributed by atoms with Gasteiger partial charge in [0, 0.05) is 10.9 Å². The number of aromatic nitrogens is 1. The summed E-state index contributed by atoms with van der Waals surface area (Å²) in [7, 11) is 0. The summed E-state index contributed by atoms with van der Waals surface area (Å²) in [5, 5.41) is 5.18. The van der Waals surface area contributed by atoms with Crippen LogP contribution in [-0.2, 0) is 14.4 Å². The van der Waals surface area contributed by atoms with Gasteiger partial charge in [0.25, 0.3) is 0 Å². The molecular formula is C23H23N3O3S. The van der Waals surface area contributed by atoms with Crippen molar-refractivity contribution in [3.63, 3.8) is 0 Å². The summed E-state index contributed by atoms with van der Waals surface area (Å²) < 4.78 is 0. The molecule has 2 aromatic rings. The van der Waals surface area contributed by atoms with Gasteiger partial charge in [0.15, 0.2) is 5.13 Å². The van der Waals surface area contributed by atoms with Gasteiger partial charge in [-0.15, -0.1) is 11.3 Å². The molecule has 6 nitrogen and oxygen atoms in total. The van der Waals surface area contributed by atoms with Gasteiger partial charge in [-0.05, 0) is 31.1 Å². The van der Waals surface area contributed by atoms with Crippen molar-refractivity contribution in [2.45, 2.75) is 32.2 Å². The zero-order chi connectivity index (χ0) is 20.8. The number of benzene rings is 1. The van der Waals surface area contributed by atoms with E-state index in [4.69, 9.17) is 0 Å². The number of imide groups is 1. The highest BCUT2D eigenvalue weighted by Gasteiger charge is 2.58. The molecule has 6 rings (SSSR count). The van der Waals surface area contributed by atoms with Crippen molar-refractivity contribution in [2.75, 3.05) is 5.32 Å². The summed E-state index contributed by atoms with van der Waals surface area (Å²) >= 11 is 1.33. The molecule has 4 aliphatic rings. The first-order valence-corrected chi connectivity index (χ1v) is 11.3. The molecule has 1 N–H and O–H groups in total. The molecule has 3 aliphatic carbocycles. The zero-order valence-corrected chi connectivity index (χ0v) is 17.5. The lowest BCUT2D eigenvalue weighted by atomic mass is 9.63. The summed E-state index contributed by atoms with van der Waals surface area (Å²) in [6.45, 7) is 1.83. The number of amides is 3. The van der Waals surface area contributed by atoms with E-state index in [-0.39, 0.29) is 41.4 Å². The number of hydrogen-bond donors (Lipinski definition) is 1. The van der Waals surface area contributed by atoms with Crippen molar-refractivity contribution in [3.05, 3.63) is 47.9 Å². The number of thiazole rings is 1. The highest BCUT2D eigenvalue weighted by molar-refractivity contribution is 7.14. The van der Waals surface area contributed by atoms with Crippen LogP contribution in [-0.4, -0.2) is 33.6 Å². The smallest absolute Gasteiger partial charge is 0.249 e. The second-order valence-electron chi connectivity index (χ2n) is 8.21. The van der Waals surface area contributed by atoms with Crippen molar-refractivity contribution in [2.24, 2.45) is 23.7 Å². The number of hydrogen-bond acceptors (Lipinski definition) is 5. The Morgan fingerprint density at radius 1 is 1.13 bits per heavy atom. The molecule has 2 bridgehead atoms. The minimum atomic E-state index is -0.806. The maximum atomic E-state index is 13.2. The van der Waals surface area contributed by atoms with Crippen LogP contribution in [0.2, 0.25) is 0 Å². The third-order valence-electron chi connectivity index (χ3n) is 6.60. The number of carbonyl (C=O) groups excluding carboxylic acids is 3. The van der Waals surface area contributed by atoms with Crippen LogP contribution < -0.4 is 5.32 Å². The Hall–Kier alpha value is -2.80. The SMILES string of the molecule is CCC(C(=O)Nc1nc(-c2ccccc2)cs1)N1C(=O)C2C3C=CC(CC3)C2C1=O. The van der Waals surface area contributed by atoms with Crippen LogP contribution in [0.4, 0.5) is 5.13 Å². The van der Waals surface area contributed by atoms with Crippen LogP contribution in [0, 0.1) is 23.7 Å². The van der Waals surface area contributed by atoms with Crippen LogP contribution in [0.15, 0.2) is 47.9 Å². The molecule has 154 valence electrons. The first-order valence-electron chi connectivity index (χ1n) is 10.5. The molecule has 5 atom stereocenters. The standard InChI is InChI=1S/C23H23N3O3S/c1-2-17(20(27)25-23-24-16(12-30-23)13-6-4-3-5-7-13)26-21(28)18-14-8-9-15(11-10-14)19(18)22(26)29/h3-9,12,14-15,17-19H,2,10-11H2,1H3,(H,24,25,27). The number of nitrogens with one attached hydrogen (secondary N) is 1. The Kier molecular flexibility index (Phi) is 4.77. The Balaban J connectivity index is 1.35. The van der Waals surface area contributed by atoms with Crippen LogP contribution in [0.1, 0.15) is 26.2 Å². The predicted molar refractivity (Wildman–Crippen MR) is 114 cm³/mol. The minimum Gasteiger partial charge on any atom is -0.300 e. The Morgan fingerprint density at radius 2 is 1.77 bits per heavy atom. The normalized spacial score (nSPS) is 28.0. The molecule has 1 saturated heterocycles. The fourth-order valence-corrected chi connectivity index (χ4v) is 5.87. The van der Waals surface area contributed by atoms with Crippen molar-refractivity contribution < 1.29 is 14.4 Å². The Labute approximate surface area is 179 Å². The van der Waals surface area contributed by atoms with Gasteiger partial charge in [0.1, 0.15) is 6.04 Å². The van der Waals surface area contributed by atoms with E-state index in [9.17, 15) is 14.4 Å². The van der Waals surface area contributed by atoms with Crippen LogP contribution in [0.5, 0.6) is 0 Å². The quantitative estimate of drug-likeness (QED) is 0.589. The third kappa shape index (κ3) is 2.99. The number of likely N-dealkylation sites (tertiary alicyclic amines) is 1. The third-order valence-corrected chi connectivity index (χ3v) is 7.36. The molecule has 30 heavy (non-hydrogen) atoms. The molecule has 2 heterocycles.